The van der Waals surface area contributed by atoms with Crippen molar-refractivity contribution in [3.63, 3.8) is 0 Å². The van der Waals surface area contributed by atoms with E-state index in [1.807, 2.05) is 44.2 Å². The third-order valence-corrected chi connectivity index (χ3v) is 6.62. The number of nitrogens with one attached hydrogen (secondary N) is 3. The van der Waals surface area contributed by atoms with Crippen molar-refractivity contribution in [1.82, 2.24) is 20.9 Å². The third-order valence-electron chi connectivity index (χ3n) is 6.62. The highest BCUT2D eigenvalue weighted by Gasteiger charge is 2.36. The number of hydrogen-bond acceptors (Lipinski definition) is 5. The minimum absolute atomic E-state index is 0.0853. The van der Waals surface area contributed by atoms with Crippen molar-refractivity contribution in [3.8, 4) is 0 Å². The van der Waals surface area contributed by atoms with Crippen LogP contribution in [0.1, 0.15) is 72.3 Å². The number of carbonyl (C=O) groups excluding carboxylic acids is 5. The van der Waals surface area contributed by atoms with E-state index in [2.05, 4.69) is 16.0 Å². The van der Waals surface area contributed by atoms with Crippen LogP contribution in [0.2, 0.25) is 0 Å². The highest BCUT2D eigenvalue weighted by Crippen LogP contribution is 2.19. The van der Waals surface area contributed by atoms with Gasteiger partial charge in [-0.1, -0.05) is 58.0 Å². The molecule has 0 spiro atoms. The predicted octanol–water partition coefficient (Wildman–Crippen LogP) is 2.13. The second-order valence-corrected chi connectivity index (χ2v) is 10.1. The van der Waals surface area contributed by atoms with Gasteiger partial charge < -0.3 is 20.9 Å². The molecule has 9 nitrogen and oxygen atoms in total. The van der Waals surface area contributed by atoms with Gasteiger partial charge >= 0.3 is 0 Å². The lowest BCUT2D eigenvalue weighted by molar-refractivity contribution is -0.139. The number of hydrogen-bond donors (Lipinski definition) is 3. The Morgan fingerprint density at radius 3 is 2.14 bits per heavy atom. The van der Waals surface area contributed by atoms with Crippen molar-refractivity contribution in [2.24, 2.45) is 5.92 Å². The van der Waals surface area contributed by atoms with Crippen LogP contribution in [0.15, 0.2) is 30.3 Å². The molecule has 0 aliphatic carbocycles. The number of Topliss-reactive ketones (excluding diaryl/α,β-unsaturated/α-hetero) is 1. The van der Waals surface area contributed by atoms with Crippen molar-refractivity contribution in [2.45, 2.75) is 97.3 Å². The Morgan fingerprint density at radius 1 is 0.892 bits per heavy atom. The molecule has 37 heavy (non-hydrogen) atoms. The first-order chi connectivity index (χ1) is 17.6. The Hall–Kier alpha value is -3.23. The summed E-state index contributed by atoms with van der Waals surface area (Å²) >= 11 is 0. The van der Waals surface area contributed by atoms with Crippen molar-refractivity contribution >= 4 is 29.4 Å². The molecule has 1 saturated heterocycles. The average Bonchev–Trinajstić information content (AvgIpc) is 3.37. The van der Waals surface area contributed by atoms with E-state index in [9.17, 15) is 24.0 Å². The molecular weight excluding hydrogens is 472 g/mol. The van der Waals surface area contributed by atoms with Gasteiger partial charge in [0.15, 0.2) is 5.78 Å². The van der Waals surface area contributed by atoms with Crippen LogP contribution >= 0.6 is 0 Å². The quantitative estimate of drug-likeness (QED) is 0.372. The molecule has 1 heterocycles. The average molecular weight is 515 g/mol. The van der Waals surface area contributed by atoms with E-state index in [0.29, 0.717) is 32.2 Å². The van der Waals surface area contributed by atoms with Crippen LogP contribution in [0.3, 0.4) is 0 Å². The molecule has 0 saturated carbocycles. The summed E-state index contributed by atoms with van der Waals surface area (Å²) in [6, 6.07) is 6.21. The van der Waals surface area contributed by atoms with Gasteiger partial charge in [-0.25, -0.2) is 0 Å². The smallest absolute Gasteiger partial charge is 0.243 e. The number of benzene rings is 1. The number of likely N-dealkylation sites (tertiary alicyclic amines) is 1. The van der Waals surface area contributed by atoms with Gasteiger partial charge in [0.1, 0.15) is 18.1 Å². The van der Waals surface area contributed by atoms with E-state index >= 15 is 0 Å². The first-order valence-electron chi connectivity index (χ1n) is 13.3. The number of rotatable bonds is 13. The minimum atomic E-state index is -0.932. The summed E-state index contributed by atoms with van der Waals surface area (Å²) in [6.45, 7) is 9.53. The molecule has 3 N–H and O–H groups in total. The maximum absolute atomic E-state index is 13.4. The second kappa shape index (κ2) is 14.5. The standard InChI is InChI=1S/C28H42N4O5/c1-6-24(33)19(5)29-26(35)22(17-20-12-9-8-10-13-20)30-27(36)21(16-18(3)4)31-28(37)23-14-11-15-32(23)25(34)7-2/h8-10,12-13,18-19,21-23H,6-7,11,14-17H2,1-5H3,(H,29,35)(H,30,36)(H,31,37)/t19-,21-,22-,23-/m0/s1. The summed E-state index contributed by atoms with van der Waals surface area (Å²) in [6.07, 6.45) is 2.49. The normalized spacial score (nSPS) is 17.6. The highest BCUT2D eigenvalue weighted by atomic mass is 16.2. The molecule has 9 heteroatoms. The van der Waals surface area contributed by atoms with E-state index in [-0.39, 0.29) is 29.9 Å². The molecule has 0 unspecified atom stereocenters. The Morgan fingerprint density at radius 2 is 1.54 bits per heavy atom. The third kappa shape index (κ3) is 8.98. The molecule has 0 aromatic heterocycles. The van der Waals surface area contributed by atoms with Gasteiger partial charge in [0, 0.05) is 25.8 Å². The van der Waals surface area contributed by atoms with Gasteiger partial charge in [0.05, 0.1) is 6.04 Å². The van der Waals surface area contributed by atoms with Gasteiger partial charge in [0.25, 0.3) is 0 Å². The van der Waals surface area contributed by atoms with Crippen LogP contribution in [0, 0.1) is 5.92 Å². The number of ketones is 1. The Balaban J connectivity index is 2.20. The fraction of sp³-hybridized carbons (Fsp3) is 0.607. The zero-order chi connectivity index (χ0) is 27.5. The molecule has 1 fully saturated rings. The molecule has 4 atom stereocenters. The summed E-state index contributed by atoms with van der Waals surface area (Å²) in [5, 5.41) is 8.37. The predicted molar refractivity (Wildman–Crippen MR) is 141 cm³/mol. The van der Waals surface area contributed by atoms with E-state index in [1.54, 1.807) is 25.7 Å². The summed E-state index contributed by atoms with van der Waals surface area (Å²) < 4.78 is 0. The van der Waals surface area contributed by atoms with E-state index in [0.717, 1.165) is 12.0 Å². The minimum Gasteiger partial charge on any atom is -0.345 e. The SMILES string of the molecule is CCC(=O)[C@H](C)NC(=O)[C@H](Cc1ccccc1)NC(=O)[C@H](CC(C)C)NC(=O)[C@@H]1CCCN1C(=O)CC. The van der Waals surface area contributed by atoms with Gasteiger partial charge in [-0.3, -0.25) is 24.0 Å². The van der Waals surface area contributed by atoms with Crippen molar-refractivity contribution in [1.29, 1.82) is 0 Å². The topological polar surface area (TPSA) is 125 Å². The molecule has 204 valence electrons. The number of carbonyl (C=O) groups is 5. The zero-order valence-electron chi connectivity index (χ0n) is 22.7. The Labute approximate surface area is 220 Å². The molecule has 4 amide bonds. The fourth-order valence-corrected chi connectivity index (χ4v) is 4.54. The van der Waals surface area contributed by atoms with Gasteiger partial charge in [-0.2, -0.15) is 0 Å². The Bertz CT molecular complexity index is 949. The van der Waals surface area contributed by atoms with Crippen LogP contribution in [0.4, 0.5) is 0 Å². The van der Waals surface area contributed by atoms with Crippen LogP contribution in [-0.2, 0) is 30.4 Å². The number of amides is 4. The molecule has 2 rings (SSSR count). The second-order valence-electron chi connectivity index (χ2n) is 10.1. The Kier molecular flexibility index (Phi) is 11.8. The van der Waals surface area contributed by atoms with Crippen LogP contribution in [0.25, 0.3) is 0 Å². The number of nitrogens with zero attached hydrogens (tertiary/aromatic N) is 1. The van der Waals surface area contributed by atoms with Gasteiger partial charge in [-0.05, 0) is 37.7 Å². The fourth-order valence-electron chi connectivity index (χ4n) is 4.54. The molecule has 1 aromatic carbocycles. The summed E-state index contributed by atoms with van der Waals surface area (Å²) in [5.41, 5.74) is 0.849. The van der Waals surface area contributed by atoms with Crippen LogP contribution < -0.4 is 16.0 Å². The maximum Gasteiger partial charge on any atom is 0.243 e. The lowest BCUT2D eigenvalue weighted by Crippen LogP contribution is -2.58. The van der Waals surface area contributed by atoms with E-state index in [4.69, 9.17) is 0 Å². The molecule has 0 radical (unpaired) electrons. The lowest BCUT2D eigenvalue weighted by atomic mass is 10.00. The molecule has 1 aliphatic heterocycles. The summed E-state index contributed by atoms with van der Waals surface area (Å²) in [7, 11) is 0. The first-order valence-corrected chi connectivity index (χ1v) is 13.3. The lowest BCUT2D eigenvalue weighted by Gasteiger charge is -2.28. The first kappa shape index (κ1) is 30.0. The van der Waals surface area contributed by atoms with Gasteiger partial charge in [0.2, 0.25) is 23.6 Å². The molecule has 0 bridgehead atoms. The summed E-state index contributed by atoms with van der Waals surface area (Å²) in [4.78, 5) is 65.6. The van der Waals surface area contributed by atoms with E-state index in [1.165, 1.54) is 0 Å². The van der Waals surface area contributed by atoms with Crippen LogP contribution in [-0.4, -0.2) is 65.0 Å². The maximum atomic E-state index is 13.4. The van der Waals surface area contributed by atoms with E-state index < -0.39 is 36.0 Å². The van der Waals surface area contributed by atoms with Crippen LogP contribution in [0.5, 0.6) is 0 Å². The monoisotopic (exact) mass is 514 g/mol. The van der Waals surface area contributed by atoms with Crippen molar-refractivity contribution in [3.05, 3.63) is 35.9 Å². The zero-order valence-corrected chi connectivity index (χ0v) is 22.7. The molecule has 1 aromatic rings. The van der Waals surface area contributed by atoms with Crippen molar-refractivity contribution in [2.75, 3.05) is 6.54 Å². The molecule has 1 aliphatic rings. The molecular formula is C28H42N4O5. The largest absolute Gasteiger partial charge is 0.345 e. The van der Waals surface area contributed by atoms with Crippen molar-refractivity contribution < 1.29 is 24.0 Å². The summed E-state index contributed by atoms with van der Waals surface area (Å²) in [5.74, 6) is -1.39. The van der Waals surface area contributed by atoms with Gasteiger partial charge in [-0.15, -0.1) is 0 Å². The highest BCUT2D eigenvalue weighted by molar-refractivity contribution is 5.95.